The summed E-state index contributed by atoms with van der Waals surface area (Å²) in [6.07, 6.45) is 0.762. The molecule has 7 heteroatoms. The Labute approximate surface area is 92.7 Å². The molecule has 0 atom stereocenters. The number of hydrogen-bond acceptors (Lipinski definition) is 5. The van der Waals surface area contributed by atoms with Crippen molar-refractivity contribution in [3.63, 3.8) is 0 Å². The highest BCUT2D eigenvalue weighted by molar-refractivity contribution is 5.35. The second-order valence-corrected chi connectivity index (χ2v) is 3.76. The van der Waals surface area contributed by atoms with E-state index in [1.807, 2.05) is 18.7 Å². The maximum Gasteiger partial charge on any atom is 0.342 e. The molecule has 0 aliphatic heterocycles. The van der Waals surface area contributed by atoms with Gasteiger partial charge in [-0.3, -0.25) is 9.78 Å². The third-order valence-electron chi connectivity index (χ3n) is 2.19. The largest absolute Gasteiger partial charge is 0.348 e. The number of aromatic amines is 2. The van der Waals surface area contributed by atoms with Crippen LogP contribution in [0.1, 0.15) is 20.3 Å². The summed E-state index contributed by atoms with van der Waals surface area (Å²) in [7, 11) is 0. The second kappa shape index (κ2) is 5.45. The Bertz CT molecular complexity index is 436. The van der Waals surface area contributed by atoms with Gasteiger partial charge in [0, 0.05) is 12.6 Å². The SMILES string of the molecule is CC(C)N(CCCN)c1n[nH]c(=O)[nH]c1=O. The highest BCUT2D eigenvalue weighted by Crippen LogP contribution is 2.06. The molecule has 0 spiro atoms. The summed E-state index contributed by atoms with van der Waals surface area (Å²) in [5.74, 6) is 0.225. The molecule has 4 N–H and O–H groups in total. The molecular weight excluding hydrogens is 210 g/mol. The van der Waals surface area contributed by atoms with E-state index in [1.54, 1.807) is 0 Å². The van der Waals surface area contributed by atoms with E-state index in [9.17, 15) is 9.59 Å². The molecule has 0 amide bonds. The number of hydrogen-bond donors (Lipinski definition) is 3. The van der Waals surface area contributed by atoms with E-state index in [4.69, 9.17) is 5.73 Å². The van der Waals surface area contributed by atoms with Crippen LogP contribution in [0, 0.1) is 0 Å². The molecule has 16 heavy (non-hydrogen) atoms. The number of aromatic nitrogens is 3. The molecule has 1 rings (SSSR count). The van der Waals surface area contributed by atoms with Gasteiger partial charge in [0.05, 0.1) is 0 Å². The van der Waals surface area contributed by atoms with E-state index in [-0.39, 0.29) is 11.9 Å². The van der Waals surface area contributed by atoms with Gasteiger partial charge in [-0.2, -0.15) is 0 Å². The molecule has 0 unspecified atom stereocenters. The number of H-pyrrole nitrogens is 2. The van der Waals surface area contributed by atoms with Crippen molar-refractivity contribution < 1.29 is 0 Å². The van der Waals surface area contributed by atoms with Gasteiger partial charge < -0.3 is 10.6 Å². The van der Waals surface area contributed by atoms with Gasteiger partial charge in [-0.25, -0.2) is 9.89 Å². The van der Waals surface area contributed by atoms with Crippen LogP contribution in [0.4, 0.5) is 5.82 Å². The summed E-state index contributed by atoms with van der Waals surface area (Å²) < 4.78 is 0. The number of anilines is 1. The molecule has 1 aromatic rings. The summed E-state index contributed by atoms with van der Waals surface area (Å²) in [4.78, 5) is 26.3. The van der Waals surface area contributed by atoms with Crippen molar-refractivity contribution in [2.45, 2.75) is 26.3 Å². The Morgan fingerprint density at radius 1 is 1.44 bits per heavy atom. The summed E-state index contributed by atoms with van der Waals surface area (Å²) in [5, 5.41) is 5.97. The molecule has 0 saturated carbocycles. The maximum absolute atomic E-state index is 11.5. The molecular formula is C9H17N5O2. The van der Waals surface area contributed by atoms with E-state index in [0.29, 0.717) is 13.1 Å². The average molecular weight is 227 g/mol. The third kappa shape index (κ3) is 2.93. The highest BCUT2D eigenvalue weighted by Gasteiger charge is 2.15. The van der Waals surface area contributed by atoms with Crippen molar-refractivity contribution in [3.8, 4) is 0 Å². The molecule has 1 heterocycles. The van der Waals surface area contributed by atoms with Crippen LogP contribution >= 0.6 is 0 Å². The first-order chi connectivity index (χ1) is 7.56. The number of nitrogens with two attached hydrogens (primary N) is 1. The molecule has 7 nitrogen and oxygen atoms in total. The number of nitrogens with one attached hydrogen (secondary N) is 2. The normalized spacial score (nSPS) is 10.8. The van der Waals surface area contributed by atoms with Crippen molar-refractivity contribution in [2.24, 2.45) is 5.73 Å². The van der Waals surface area contributed by atoms with E-state index in [2.05, 4.69) is 15.2 Å². The zero-order valence-corrected chi connectivity index (χ0v) is 9.49. The lowest BCUT2D eigenvalue weighted by atomic mass is 10.3. The number of rotatable bonds is 5. The van der Waals surface area contributed by atoms with Gasteiger partial charge in [-0.15, -0.1) is 5.10 Å². The van der Waals surface area contributed by atoms with Crippen LogP contribution in [0.5, 0.6) is 0 Å². The van der Waals surface area contributed by atoms with Crippen LogP contribution in [0.25, 0.3) is 0 Å². The molecule has 0 saturated heterocycles. The first-order valence-corrected chi connectivity index (χ1v) is 5.22. The standard InChI is InChI=1S/C9H17N5O2/c1-6(2)14(5-3-4-10)7-8(15)11-9(16)13-12-7/h6H,3-5,10H2,1-2H3,(H2,11,13,15,16). The Balaban J connectivity index is 3.01. The molecule has 0 aromatic carbocycles. The Morgan fingerprint density at radius 3 is 2.62 bits per heavy atom. The van der Waals surface area contributed by atoms with E-state index >= 15 is 0 Å². The molecule has 0 bridgehead atoms. The van der Waals surface area contributed by atoms with Gasteiger partial charge in [0.15, 0.2) is 0 Å². The van der Waals surface area contributed by atoms with Gasteiger partial charge in [-0.1, -0.05) is 0 Å². The lowest BCUT2D eigenvalue weighted by molar-refractivity contribution is 0.635. The van der Waals surface area contributed by atoms with E-state index < -0.39 is 11.2 Å². The van der Waals surface area contributed by atoms with Crippen molar-refractivity contribution in [2.75, 3.05) is 18.0 Å². The van der Waals surface area contributed by atoms with Gasteiger partial charge >= 0.3 is 5.69 Å². The van der Waals surface area contributed by atoms with Crippen LogP contribution in [0.3, 0.4) is 0 Å². The maximum atomic E-state index is 11.5. The summed E-state index contributed by atoms with van der Waals surface area (Å²) in [6.45, 7) is 5.08. The van der Waals surface area contributed by atoms with Crippen molar-refractivity contribution in [3.05, 3.63) is 20.8 Å². The Kier molecular flexibility index (Phi) is 4.24. The zero-order chi connectivity index (χ0) is 12.1. The summed E-state index contributed by atoms with van der Waals surface area (Å²) >= 11 is 0. The quantitative estimate of drug-likeness (QED) is 0.599. The first kappa shape index (κ1) is 12.4. The van der Waals surface area contributed by atoms with Gasteiger partial charge in [0.25, 0.3) is 5.56 Å². The zero-order valence-electron chi connectivity index (χ0n) is 9.49. The minimum atomic E-state index is -0.601. The van der Waals surface area contributed by atoms with Crippen LogP contribution < -0.4 is 21.9 Å². The fourth-order valence-corrected chi connectivity index (χ4v) is 1.41. The van der Waals surface area contributed by atoms with Crippen LogP contribution in [0.2, 0.25) is 0 Å². The summed E-state index contributed by atoms with van der Waals surface area (Å²) in [6, 6.07) is 0.117. The Hall–Kier alpha value is -1.63. The minimum absolute atomic E-state index is 0.117. The molecule has 0 aliphatic carbocycles. The van der Waals surface area contributed by atoms with Crippen molar-refractivity contribution in [1.82, 2.24) is 15.2 Å². The lowest BCUT2D eigenvalue weighted by Crippen LogP contribution is -2.39. The minimum Gasteiger partial charge on any atom is -0.348 e. The van der Waals surface area contributed by atoms with Crippen LogP contribution in [-0.2, 0) is 0 Å². The fourth-order valence-electron chi connectivity index (χ4n) is 1.41. The smallest absolute Gasteiger partial charge is 0.342 e. The summed E-state index contributed by atoms with van der Waals surface area (Å²) in [5.41, 5.74) is 4.35. The second-order valence-electron chi connectivity index (χ2n) is 3.76. The van der Waals surface area contributed by atoms with Crippen molar-refractivity contribution >= 4 is 5.82 Å². The third-order valence-corrected chi connectivity index (χ3v) is 2.19. The average Bonchev–Trinajstić information content (AvgIpc) is 2.20. The van der Waals surface area contributed by atoms with Crippen molar-refractivity contribution in [1.29, 1.82) is 0 Å². The van der Waals surface area contributed by atoms with Gasteiger partial charge in [0.2, 0.25) is 5.82 Å². The van der Waals surface area contributed by atoms with Crippen LogP contribution in [-0.4, -0.2) is 34.3 Å². The monoisotopic (exact) mass is 227 g/mol. The topological polar surface area (TPSA) is 108 Å². The molecule has 90 valence electrons. The van der Waals surface area contributed by atoms with E-state index in [0.717, 1.165) is 6.42 Å². The van der Waals surface area contributed by atoms with E-state index in [1.165, 1.54) is 0 Å². The predicted molar refractivity (Wildman–Crippen MR) is 61.6 cm³/mol. The van der Waals surface area contributed by atoms with Gasteiger partial charge in [0.1, 0.15) is 0 Å². The van der Waals surface area contributed by atoms with Gasteiger partial charge in [-0.05, 0) is 26.8 Å². The molecule has 0 fully saturated rings. The number of nitrogens with zero attached hydrogens (tertiary/aromatic N) is 2. The molecule has 0 radical (unpaired) electrons. The fraction of sp³-hybridized carbons (Fsp3) is 0.667. The Morgan fingerprint density at radius 2 is 2.12 bits per heavy atom. The lowest BCUT2D eigenvalue weighted by Gasteiger charge is -2.26. The first-order valence-electron chi connectivity index (χ1n) is 5.22. The highest BCUT2D eigenvalue weighted by atomic mass is 16.2. The predicted octanol–water partition coefficient (Wildman–Crippen LogP) is -0.978. The molecule has 1 aromatic heterocycles. The van der Waals surface area contributed by atoms with Crippen LogP contribution in [0.15, 0.2) is 9.59 Å². The molecule has 0 aliphatic rings.